The third kappa shape index (κ3) is 5.37. The first kappa shape index (κ1) is 19.5. The molecule has 0 spiro atoms. The van der Waals surface area contributed by atoms with E-state index in [2.05, 4.69) is 15.5 Å². The van der Waals surface area contributed by atoms with Gasteiger partial charge in [-0.2, -0.15) is 0 Å². The molecule has 0 saturated carbocycles. The molecule has 0 saturated heterocycles. The molecule has 1 amide bonds. The maximum absolute atomic E-state index is 12.3. The maximum Gasteiger partial charge on any atom is 0.303 e. The van der Waals surface area contributed by atoms with Crippen LogP contribution in [0.4, 0.5) is 5.69 Å². The Bertz CT molecular complexity index is 970. The number of carbonyl (C=O) groups is 2. The van der Waals surface area contributed by atoms with Crippen LogP contribution in [0.15, 0.2) is 48.5 Å². The number of carbonyl (C=O) groups excluding carboxylic acids is 1. The molecule has 0 aliphatic heterocycles. The van der Waals surface area contributed by atoms with Crippen molar-refractivity contribution >= 4 is 28.9 Å². The van der Waals surface area contributed by atoms with Crippen molar-refractivity contribution in [3.8, 4) is 5.75 Å². The second-order valence-electron chi connectivity index (χ2n) is 6.10. The summed E-state index contributed by atoms with van der Waals surface area (Å²) in [7, 11) is 0. The van der Waals surface area contributed by atoms with Crippen LogP contribution in [-0.4, -0.2) is 27.2 Å². The number of hydrogen-bond donors (Lipinski definition) is 2. The summed E-state index contributed by atoms with van der Waals surface area (Å²) in [6.07, 6.45) is 0.522. The molecule has 0 fully saturated rings. The van der Waals surface area contributed by atoms with E-state index in [-0.39, 0.29) is 23.9 Å². The number of aliphatic carboxylic acids is 1. The van der Waals surface area contributed by atoms with Crippen molar-refractivity contribution in [2.45, 2.75) is 26.4 Å². The number of nitrogens with one attached hydrogen (secondary N) is 1. The number of rotatable bonds is 8. The summed E-state index contributed by atoms with van der Waals surface area (Å²) in [5, 5.41) is 20.3. The fourth-order valence-electron chi connectivity index (χ4n) is 2.45. The predicted octanol–water partition coefficient (Wildman–Crippen LogP) is 3.70. The highest BCUT2D eigenvalue weighted by Crippen LogP contribution is 2.20. The van der Waals surface area contributed by atoms with Crippen LogP contribution < -0.4 is 10.1 Å². The smallest absolute Gasteiger partial charge is 0.303 e. The number of carboxylic acids is 1. The van der Waals surface area contributed by atoms with Crippen LogP contribution in [0.1, 0.15) is 32.4 Å². The summed E-state index contributed by atoms with van der Waals surface area (Å²) in [6, 6.07) is 14.7. The van der Waals surface area contributed by atoms with Crippen LogP contribution in [0.2, 0.25) is 0 Å². The second kappa shape index (κ2) is 9.09. The Labute approximate surface area is 166 Å². The van der Waals surface area contributed by atoms with E-state index in [0.717, 1.165) is 16.9 Å². The van der Waals surface area contributed by atoms with Crippen molar-refractivity contribution in [3.63, 3.8) is 0 Å². The van der Waals surface area contributed by atoms with Gasteiger partial charge in [0, 0.05) is 12.1 Å². The summed E-state index contributed by atoms with van der Waals surface area (Å²) in [6.45, 7) is 2.20. The molecule has 2 N–H and O–H groups in total. The van der Waals surface area contributed by atoms with Crippen LogP contribution in [-0.2, 0) is 17.8 Å². The number of carboxylic acid groups (broad SMARTS) is 1. The number of hydrogen-bond acceptors (Lipinski definition) is 6. The minimum atomic E-state index is -0.837. The molecule has 28 heavy (non-hydrogen) atoms. The molecule has 7 nitrogen and oxygen atoms in total. The van der Waals surface area contributed by atoms with Gasteiger partial charge in [0.05, 0.1) is 0 Å². The predicted molar refractivity (Wildman–Crippen MR) is 106 cm³/mol. The Balaban J connectivity index is 1.55. The first-order valence-corrected chi connectivity index (χ1v) is 9.46. The molecule has 0 bridgehead atoms. The molecule has 3 aromatic rings. The minimum absolute atomic E-state index is 0.0733. The Hall–Kier alpha value is -3.26. The number of aryl methyl sites for hydroxylation is 2. The lowest BCUT2D eigenvalue weighted by Gasteiger charge is -2.06. The summed E-state index contributed by atoms with van der Waals surface area (Å²) in [5.74, 6) is -0.416. The first-order valence-electron chi connectivity index (χ1n) is 8.64. The third-order valence-corrected chi connectivity index (χ3v) is 4.84. The van der Waals surface area contributed by atoms with Crippen molar-refractivity contribution in [1.29, 1.82) is 0 Å². The van der Waals surface area contributed by atoms with Crippen LogP contribution in [0.3, 0.4) is 0 Å². The van der Waals surface area contributed by atoms with E-state index >= 15 is 0 Å². The quantitative estimate of drug-likeness (QED) is 0.601. The third-order valence-electron chi connectivity index (χ3n) is 3.95. The summed E-state index contributed by atoms with van der Waals surface area (Å²) in [4.78, 5) is 22.9. The van der Waals surface area contributed by atoms with Crippen LogP contribution in [0.25, 0.3) is 0 Å². The normalized spacial score (nSPS) is 10.5. The summed E-state index contributed by atoms with van der Waals surface area (Å²) in [5.41, 5.74) is 2.53. The number of para-hydroxylation sites is 1. The van der Waals surface area contributed by atoms with E-state index in [1.807, 2.05) is 31.2 Å². The number of nitrogens with zero attached hydrogens (tertiary/aromatic N) is 2. The highest BCUT2D eigenvalue weighted by molar-refractivity contribution is 7.13. The lowest BCUT2D eigenvalue weighted by Crippen LogP contribution is -2.11. The molecule has 0 unspecified atom stereocenters. The van der Waals surface area contributed by atoms with Crippen LogP contribution in [0, 0.1) is 6.92 Å². The molecule has 0 radical (unpaired) electrons. The Morgan fingerprint density at radius 1 is 1.11 bits per heavy atom. The van der Waals surface area contributed by atoms with Gasteiger partial charge < -0.3 is 15.2 Å². The first-order chi connectivity index (χ1) is 13.5. The second-order valence-corrected chi connectivity index (χ2v) is 7.16. The zero-order valence-corrected chi connectivity index (χ0v) is 16.0. The van der Waals surface area contributed by atoms with E-state index in [1.54, 1.807) is 24.3 Å². The van der Waals surface area contributed by atoms with Crippen molar-refractivity contribution in [1.82, 2.24) is 10.2 Å². The zero-order chi connectivity index (χ0) is 19.9. The molecule has 0 aliphatic rings. The largest absolute Gasteiger partial charge is 0.486 e. The minimum Gasteiger partial charge on any atom is -0.486 e. The lowest BCUT2D eigenvalue weighted by molar-refractivity contribution is -0.136. The standard InChI is InChI=1S/C20H19N3O4S/c1-13-4-2-3-5-16(13)27-12-17-22-23-20(28-17)19(26)21-15-9-6-14(7-10-15)8-11-18(24)25/h2-7,9-10H,8,11-12H2,1H3,(H,21,26)(H,24,25). The molecule has 3 rings (SSSR count). The Morgan fingerprint density at radius 2 is 1.86 bits per heavy atom. The zero-order valence-electron chi connectivity index (χ0n) is 15.2. The topological polar surface area (TPSA) is 101 Å². The molecule has 1 aromatic heterocycles. The molecule has 0 atom stereocenters. The fraction of sp³-hybridized carbons (Fsp3) is 0.200. The monoisotopic (exact) mass is 397 g/mol. The van der Waals surface area contributed by atoms with Gasteiger partial charge in [-0.05, 0) is 42.7 Å². The SMILES string of the molecule is Cc1ccccc1OCc1nnc(C(=O)Nc2ccc(CCC(=O)O)cc2)s1. The number of ether oxygens (including phenoxy) is 1. The van der Waals surface area contributed by atoms with Gasteiger partial charge in [-0.25, -0.2) is 0 Å². The molecular weight excluding hydrogens is 378 g/mol. The van der Waals surface area contributed by atoms with E-state index < -0.39 is 5.97 Å². The van der Waals surface area contributed by atoms with Gasteiger partial charge in [-0.15, -0.1) is 10.2 Å². The van der Waals surface area contributed by atoms with E-state index in [9.17, 15) is 9.59 Å². The van der Waals surface area contributed by atoms with Crippen molar-refractivity contribution in [2.75, 3.05) is 5.32 Å². The maximum atomic E-state index is 12.3. The average Bonchev–Trinajstić information content (AvgIpc) is 3.16. The van der Waals surface area contributed by atoms with E-state index in [1.165, 1.54) is 11.3 Å². The van der Waals surface area contributed by atoms with E-state index in [4.69, 9.17) is 9.84 Å². The molecule has 0 aliphatic carbocycles. The van der Waals surface area contributed by atoms with Crippen LogP contribution in [0.5, 0.6) is 5.75 Å². The van der Waals surface area contributed by atoms with Gasteiger partial charge in [0.2, 0.25) is 5.01 Å². The number of anilines is 1. The Kier molecular flexibility index (Phi) is 6.33. The summed E-state index contributed by atoms with van der Waals surface area (Å²) < 4.78 is 5.72. The molecule has 1 heterocycles. The average molecular weight is 397 g/mol. The lowest BCUT2D eigenvalue weighted by atomic mass is 10.1. The van der Waals surface area contributed by atoms with Gasteiger partial charge in [0.1, 0.15) is 12.4 Å². The van der Waals surface area contributed by atoms with Crippen LogP contribution >= 0.6 is 11.3 Å². The highest BCUT2D eigenvalue weighted by atomic mass is 32.1. The number of amides is 1. The highest BCUT2D eigenvalue weighted by Gasteiger charge is 2.14. The number of aromatic nitrogens is 2. The van der Waals surface area contributed by atoms with Gasteiger partial charge in [-0.3, -0.25) is 9.59 Å². The van der Waals surface area contributed by atoms with Crippen molar-refractivity contribution in [3.05, 3.63) is 69.7 Å². The molecular formula is C20H19N3O4S. The molecule has 2 aromatic carbocycles. The van der Waals surface area contributed by atoms with Crippen molar-refractivity contribution in [2.24, 2.45) is 0 Å². The summed E-state index contributed by atoms with van der Waals surface area (Å²) >= 11 is 1.18. The van der Waals surface area contributed by atoms with Gasteiger partial charge in [-0.1, -0.05) is 41.7 Å². The van der Waals surface area contributed by atoms with Crippen molar-refractivity contribution < 1.29 is 19.4 Å². The molecule has 8 heteroatoms. The number of benzene rings is 2. The van der Waals surface area contributed by atoms with Gasteiger partial charge in [0.15, 0.2) is 5.01 Å². The van der Waals surface area contributed by atoms with Gasteiger partial charge in [0.25, 0.3) is 5.91 Å². The molecule has 144 valence electrons. The van der Waals surface area contributed by atoms with E-state index in [0.29, 0.717) is 17.1 Å². The van der Waals surface area contributed by atoms with Gasteiger partial charge >= 0.3 is 5.97 Å². The Morgan fingerprint density at radius 3 is 2.57 bits per heavy atom. The fourth-order valence-corrected chi connectivity index (χ4v) is 3.10.